The number of nitrogens with zero attached hydrogens (tertiary/aromatic N) is 4. The van der Waals surface area contributed by atoms with Crippen molar-refractivity contribution in [2.45, 2.75) is 19.0 Å². The summed E-state index contributed by atoms with van der Waals surface area (Å²) in [4.78, 5) is 20.3. The van der Waals surface area contributed by atoms with Crippen LogP contribution in [0, 0.1) is 13.8 Å². The number of rotatable bonds is 6. The zero-order valence-electron chi connectivity index (χ0n) is 14.7. The van der Waals surface area contributed by atoms with Gasteiger partial charge in [0.25, 0.3) is 21.0 Å². The van der Waals surface area contributed by atoms with E-state index in [1.54, 1.807) is 38.2 Å². The number of sulfonamides is 1. The molecule has 0 spiro atoms. The van der Waals surface area contributed by atoms with E-state index >= 15 is 0 Å². The van der Waals surface area contributed by atoms with E-state index in [0.717, 1.165) is 0 Å². The van der Waals surface area contributed by atoms with Crippen molar-refractivity contribution in [1.29, 1.82) is 0 Å². The Balaban J connectivity index is 1.99. The Kier molecular flexibility index (Phi) is 4.91. The van der Waals surface area contributed by atoms with E-state index in [1.165, 1.54) is 16.7 Å². The van der Waals surface area contributed by atoms with Gasteiger partial charge >= 0.3 is 5.97 Å². The van der Waals surface area contributed by atoms with Gasteiger partial charge in [0.2, 0.25) is 0 Å². The highest BCUT2D eigenvalue weighted by atomic mass is 32.2. The molecule has 0 aliphatic heterocycles. The third-order valence-electron chi connectivity index (χ3n) is 3.63. The predicted molar refractivity (Wildman–Crippen MR) is 98.0 cm³/mol. The second kappa shape index (κ2) is 7.16. The van der Waals surface area contributed by atoms with Gasteiger partial charge < -0.3 is 4.74 Å². The highest BCUT2D eigenvalue weighted by molar-refractivity contribution is 7.92. The first-order valence-corrected chi connectivity index (χ1v) is 9.40. The van der Waals surface area contributed by atoms with E-state index in [2.05, 4.69) is 26.4 Å². The first-order chi connectivity index (χ1) is 12.8. The molecule has 0 unspecified atom stereocenters. The number of para-hydroxylation sites is 1. The molecule has 2 aromatic heterocycles. The van der Waals surface area contributed by atoms with Crippen LogP contribution in [0.4, 0.5) is 5.69 Å². The molecule has 2 heterocycles. The molecule has 10 heteroatoms. The number of aryl methyl sites for hydroxylation is 2. The minimum absolute atomic E-state index is 0.0119. The maximum atomic E-state index is 12.8. The van der Waals surface area contributed by atoms with Gasteiger partial charge in [0.15, 0.2) is 0 Å². The number of aromatic nitrogens is 4. The normalized spacial score (nSPS) is 11.3. The quantitative estimate of drug-likeness (QED) is 0.507. The fourth-order valence-corrected chi connectivity index (χ4v) is 3.35. The molecular formula is C17H17N5O4S. The summed E-state index contributed by atoms with van der Waals surface area (Å²) in [7, 11) is -4.15. The molecule has 0 radical (unpaired) electrons. The molecule has 27 heavy (non-hydrogen) atoms. The molecule has 0 atom stereocenters. The summed E-state index contributed by atoms with van der Waals surface area (Å²) >= 11 is 0. The summed E-state index contributed by atoms with van der Waals surface area (Å²) in [6, 6.07) is 6.45. The molecule has 3 aromatic rings. The van der Waals surface area contributed by atoms with E-state index in [-0.39, 0.29) is 23.6 Å². The Morgan fingerprint density at radius 3 is 2.81 bits per heavy atom. The number of carbonyl (C=O) groups excluding carboxylic acids is 1. The number of hydrogen-bond acceptors (Lipinski definition) is 7. The maximum absolute atomic E-state index is 12.8. The molecule has 1 N–H and O–H groups in total. The first-order valence-electron chi connectivity index (χ1n) is 7.92. The van der Waals surface area contributed by atoms with Crippen molar-refractivity contribution in [3.63, 3.8) is 0 Å². The minimum atomic E-state index is -4.15. The molecule has 0 aliphatic carbocycles. The summed E-state index contributed by atoms with van der Waals surface area (Å²) in [5, 5.41) is 3.49. The summed E-state index contributed by atoms with van der Waals surface area (Å²) in [5.41, 5.74) is 1.41. The van der Waals surface area contributed by atoms with Gasteiger partial charge in [-0.3, -0.25) is 4.72 Å². The molecule has 140 valence electrons. The van der Waals surface area contributed by atoms with Crippen molar-refractivity contribution in [2.75, 3.05) is 11.3 Å². The fourth-order valence-electron chi connectivity index (χ4n) is 2.33. The molecule has 0 aliphatic rings. The van der Waals surface area contributed by atoms with Crippen LogP contribution < -0.4 is 4.72 Å². The van der Waals surface area contributed by atoms with Gasteiger partial charge in [-0.1, -0.05) is 24.8 Å². The third kappa shape index (κ3) is 3.80. The number of ether oxygens (including phenoxy) is 1. The highest BCUT2D eigenvalue weighted by Crippen LogP contribution is 2.24. The van der Waals surface area contributed by atoms with Crippen LogP contribution in [0.3, 0.4) is 0 Å². The van der Waals surface area contributed by atoms with E-state index < -0.39 is 21.1 Å². The van der Waals surface area contributed by atoms with E-state index in [0.29, 0.717) is 11.3 Å². The Bertz CT molecular complexity index is 1140. The lowest BCUT2D eigenvalue weighted by molar-refractivity contribution is 0.0551. The first kappa shape index (κ1) is 18.5. The second-order valence-corrected chi connectivity index (χ2v) is 7.27. The molecule has 0 saturated carbocycles. The topological polar surface area (TPSA) is 116 Å². The lowest BCUT2D eigenvalue weighted by Gasteiger charge is -2.13. The van der Waals surface area contributed by atoms with Gasteiger partial charge in [0, 0.05) is 11.9 Å². The average Bonchev–Trinajstić information content (AvgIpc) is 3.05. The fraction of sp³-hybridized carbons (Fsp3) is 0.176. The predicted octanol–water partition coefficient (Wildman–Crippen LogP) is 1.88. The zero-order valence-corrected chi connectivity index (χ0v) is 15.5. The number of carbonyl (C=O) groups is 1. The molecule has 0 fully saturated rings. The Hall–Kier alpha value is -3.27. The number of esters is 1. The lowest BCUT2D eigenvalue weighted by atomic mass is 10.1. The molecule has 0 amide bonds. The second-order valence-electron chi connectivity index (χ2n) is 5.70. The maximum Gasteiger partial charge on any atom is 0.340 e. The van der Waals surface area contributed by atoms with Gasteiger partial charge in [-0.05, 0) is 31.5 Å². The Morgan fingerprint density at radius 2 is 2.07 bits per heavy atom. The van der Waals surface area contributed by atoms with Crippen LogP contribution in [-0.2, 0) is 14.8 Å². The highest BCUT2D eigenvalue weighted by Gasteiger charge is 2.25. The summed E-state index contributed by atoms with van der Waals surface area (Å²) in [6.45, 7) is 6.92. The van der Waals surface area contributed by atoms with Crippen LogP contribution in [0.1, 0.15) is 21.6 Å². The van der Waals surface area contributed by atoms with E-state index in [1.807, 2.05) is 0 Å². The standard InChI is InChI=1S/C17H17N5O4S/c1-4-10-26-15(23)13-7-5-6-11(2)14(13)21-27(24,25)17-19-16-18-12(3)8-9-22(16)20-17/h4-9,21H,1,10H2,2-3H3. The summed E-state index contributed by atoms with van der Waals surface area (Å²) < 4.78 is 34.2. The van der Waals surface area contributed by atoms with Crippen LogP contribution >= 0.6 is 0 Å². The van der Waals surface area contributed by atoms with E-state index in [9.17, 15) is 13.2 Å². The number of fused-ring (bicyclic) bond motifs is 1. The Morgan fingerprint density at radius 1 is 1.30 bits per heavy atom. The number of benzene rings is 1. The molecule has 9 nitrogen and oxygen atoms in total. The van der Waals surface area contributed by atoms with Crippen molar-refractivity contribution < 1.29 is 17.9 Å². The van der Waals surface area contributed by atoms with Gasteiger partial charge in [-0.15, -0.1) is 5.10 Å². The summed E-state index contributed by atoms with van der Waals surface area (Å²) in [5.74, 6) is -0.512. The van der Waals surface area contributed by atoms with Crippen LogP contribution in [0.5, 0.6) is 0 Å². The lowest BCUT2D eigenvalue weighted by Crippen LogP contribution is -2.18. The van der Waals surface area contributed by atoms with Crippen molar-refractivity contribution in [1.82, 2.24) is 19.6 Å². The average molecular weight is 387 g/mol. The molecule has 0 bridgehead atoms. The number of nitrogens with one attached hydrogen (secondary N) is 1. The minimum Gasteiger partial charge on any atom is -0.458 e. The van der Waals surface area contributed by atoms with Gasteiger partial charge in [-0.25, -0.2) is 14.3 Å². The molecule has 0 saturated heterocycles. The van der Waals surface area contributed by atoms with Crippen molar-refractivity contribution >= 4 is 27.5 Å². The van der Waals surface area contributed by atoms with Crippen LogP contribution in [0.2, 0.25) is 0 Å². The van der Waals surface area contributed by atoms with Crippen LogP contribution in [0.25, 0.3) is 5.78 Å². The van der Waals surface area contributed by atoms with Crippen molar-refractivity contribution in [3.05, 3.63) is 59.9 Å². The Labute approximate surface area is 155 Å². The third-order valence-corrected chi connectivity index (χ3v) is 4.76. The number of anilines is 1. The smallest absolute Gasteiger partial charge is 0.340 e. The SMILES string of the molecule is C=CCOC(=O)c1cccc(C)c1NS(=O)(=O)c1nc2nc(C)ccn2n1. The van der Waals surface area contributed by atoms with Crippen LogP contribution in [-0.4, -0.2) is 40.6 Å². The van der Waals surface area contributed by atoms with Gasteiger partial charge in [0.1, 0.15) is 6.61 Å². The van der Waals surface area contributed by atoms with Gasteiger partial charge in [-0.2, -0.15) is 13.4 Å². The van der Waals surface area contributed by atoms with E-state index in [4.69, 9.17) is 4.74 Å². The number of hydrogen-bond donors (Lipinski definition) is 1. The van der Waals surface area contributed by atoms with Crippen LogP contribution in [0.15, 0.2) is 48.3 Å². The largest absolute Gasteiger partial charge is 0.458 e. The molecule has 3 rings (SSSR count). The van der Waals surface area contributed by atoms with Gasteiger partial charge in [0.05, 0.1) is 11.3 Å². The van der Waals surface area contributed by atoms with Crippen molar-refractivity contribution in [2.24, 2.45) is 0 Å². The molecular weight excluding hydrogens is 370 g/mol. The monoisotopic (exact) mass is 387 g/mol. The summed E-state index contributed by atoms with van der Waals surface area (Å²) in [6.07, 6.45) is 2.99. The molecule has 1 aromatic carbocycles. The van der Waals surface area contributed by atoms with Crippen molar-refractivity contribution in [3.8, 4) is 0 Å². The zero-order chi connectivity index (χ0) is 19.6.